The third-order valence-electron chi connectivity index (χ3n) is 5.18. The van der Waals surface area contributed by atoms with Crippen LogP contribution < -0.4 is 15.0 Å². The Morgan fingerprint density at radius 2 is 1.69 bits per heavy atom. The summed E-state index contributed by atoms with van der Waals surface area (Å²) in [4.78, 5) is 13.7. The Bertz CT molecular complexity index is 941. The minimum Gasteiger partial charge on any atom is -0.497 e. The van der Waals surface area contributed by atoms with Gasteiger partial charge in [-0.2, -0.15) is 4.31 Å². The van der Waals surface area contributed by atoms with Crippen LogP contribution in [0.2, 0.25) is 0 Å². The molecule has 0 saturated carbocycles. The summed E-state index contributed by atoms with van der Waals surface area (Å²) >= 11 is 0. The van der Waals surface area contributed by atoms with Crippen LogP contribution in [-0.4, -0.2) is 58.0 Å². The maximum absolute atomic E-state index is 13.1. The summed E-state index contributed by atoms with van der Waals surface area (Å²) in [5.41, 5.74) is 0.680. The summed E-state index contributed by atoms with van der Waals surface area (Å²) in [6, 6.07) is 11.6. The van der Waals surface area contributed by atoms with E-state index in [9.17, 15) is 17.6 Å². The van der Waals surface area contributed by atoms with Crippen molar-refractivity contribution in [3.63, 3.8) is 0 Å². The average Bonchev–Trinajstić information content (AvgIpc) is 2.74. The van der Waals surface area contributed by atoms with Gasteiger partial charge in [-0.15, -0.1) is 0 Å². The molecule has 2 aromatic rings. The van der Waals surface area contributed by atoms with Gasteiger partial charge in [0.05, 0.1) is 38.2 Å². The first-order chi connectivity index (χ1) is 13.8. The Balaban J connectivity index is 1.57. The Labute approximate surface area is 170 Å². The van der Waals surface area contributed by atoms with Gasteiger partial charge in [0.15, 0.2) is 6.04 Å². The van der Waals surface area contributed by atoms with Crippen LogP contribution in [0.4, 0.5) is 10.1 Å². The molecule has 1 heterocycles. The van der Waals surface area contributed by atoms with E-state index in [1.165, 1.54) is 16.4 Å². The van der Waals surface area contributed by atoms with E-state index in [0.29, 0.717) is 37.6 Å². The second-order valence-corrected chi connectivity index (χ2v) is 8.89. The molecule has 2 aromatic carbocycles. The summed E-state index contributed by atoms with van der Waals surface area (Å²) in [7, 11) is -2.08. The highest BCUT2D eigenvalue weighted by Gasteiger charge is 2.34. The van der Waals surface area contributed by atoms with Crippen molar-refractivity contribution in [2.75, 3.05) is 38.6 Å². The van der Waals surface area contributed by atoms with Gasteiger partial charge >= 0.3 is 0 Å². The molecule has 1 aliphatic rings. The van der Waals surface area contributed by atoms with Gasteiger partial charge in [-0.05, 0) is 55.5 Å². The molecule has 0 bridgehead atoms. The Hall–Kier alpha value is -2.49. The van der Waals surface area contributed by atoms with Gasteiger partial charge in [-0.1, -0.05) is 0 Å². The van der Waals surface area contributed by atoms with E-state index >= 15 is 0 Å². The lowest BCUT2D eigenvalue weighted by Gasteiger charge is -2.34. The predicted molar refractivity (Wildman–Crippen MR) is 107 cm³/mol. The van der Waals surface area contributed by atoms with Crippen LogP contribution in [0.5, 0.6) is 5.75 Å². The molecular formula is C20H25FN3O4S+. The molecule has 156 valence electrons. The third-order valence-corrected chi connectivity index (χ3v) is 7.09. The standard InChI is InChI=1S/C20H24FN3O4S/c1-15(20(25)22-17-5-7-18(28-2)8-6-17)23-11-13-24(14-12-23)29(26,27)19-9-3-16(21)4-10-19/h3-10,15H,11-14H2,1-2H3,(H,22,25)/p+1/t15-/m1/s1. The zero-order valence-electron chi connectivity index (χ0n) is 16.4. The van der Waals surface area contributed by atoms with Crippen LogP contribution in [0.15, 0.2) is 53.4 Å². The number of halogens is 1. The molecule has 1 amide bonds. The van der Waals surface area contributed by atoms with Crippen LogP contribution in [0.1, 0.15) is 6.92 Å². The fourth-order valence-corrected chi connectivity index (χ4v) is 4.75. The number of piperazine rings is 1. The van der Waals surface area contributed by atoms with E-state index in [1.54, 1.807) is 31.4 Å². The minimum atomic E-state index is -3.66. The molecule has 29 heavy (non-hydrogen) atoms. The number of hydrogen-bond donors (Lipinski definition) is 2. The molecule has 7 nitrogen and oxygen atoms in total. The third kappa shape index (κ3) is 4.92. The number of carbonyl (C=O) groups is 1. The van der Waals surface area contributed by atoms with Crippen molar-refractivity contribution in [2.45, 2.75) is 17.9 Å². The summed E-state index contributed by atoms with van der Waals surface area (Å²) in [6.07, 6.45) is 0. The Morgan fingerprint density at radius 1 is 1.10 bits per heavy atom. The molecular weight excluding hydrogens is 397 g/mol. The summed E-state index contributed by atoms with van der Waals surface area (Å²) in [5, 5.41) is 2.88. The zero-order valence-corrected chi connectivity index (χ0v) is 17.2. The monoisotopic (exact) mass is 422 g/mol. The van der Waals surface area contributed by atoms with Crippen LogP contribution in [0.25, 0.3) is 0 Å². The van der Waals surface area contributed by atoms with Crippen LogP contribution >= 0.6 is 0 Å². The summed E-state index contributed by atoms with van der Waals surface area (Å²) in [5.74, 6) is 0.107. The lowest BCUT2D eigenvalue weighted by atomic mass is 10.2. The fourth-order valence-electron chi connectivity index (χ4n) is 3.31. The first-order valence-corrected chi connectivity index (χ1v) is 10.8. The predicted octanol–water partition coefficient (Wildman–Crippen LogP) is 0.751. The molecule has 1 atom stereocenters. The van der Waals surface area contributed by atoms with Crippen molar-refractivity contribution >= 4 is 21.6 Å². The maximum atomic E-state index is 13.1. The van der Waals surface area contributed by atoms with Crippen LogP contribution in [0.3, 0.4) is 0 Å². The van der Waals surface area contributed by atoms with E-state index in [0.717, 1.165) is 17.0 Å². The van der Waals surface area contributed by atoms with Gasteiger partial charge in [0, 0.05) is 5.69 Å². The Morgan fingerprint density at radius 3 is 2.24 bits per heavy atom. The maximum Gasteiger partial charge on any atom is 0.282 e. The first-order valence-electron chi connectivity index (χ1n) is 9.36. The number of anilines is 1. The van der Waals surface area contributed by atoms with E-state index in [2.05, 4.69) is 5.32 Å². The molecule has 3 rings (SSSR count). The number of rotatable bonds is 6. The van der Waals surface area contributed by atoms with Crippen molar-refractivity contribution in [1.29, 1.82) is 0 Å². The number of quaternary nitrogens is 1. The van der Waals surface area contributed by atoms with Crippen molar-refractivity contribution in [1.82, 2.24) is 4.31 Å². The lowest BCUT2D eigenvalue weighted by Crippen LogP contribution is -3.19. The molecule has 0 aromatic heterocycles. The molecule has 0 spiro atoms. The van der Waals surface area contributed by atoms with E-state index in [4.69, 9.17) is 4.74 Å². The number of hydrogen-bond acceptors (Lipinski definition) is 4. The van der Waals surface area contributed by atoms with Crippen molar-refractivity contribution in [2.24, 2.45) is 0 Å². The number of carbonyl (C=O) groups excluding carboxylic acids is 1. The fraction of sp³-hybridized carbons (Fsp3) is 0.350. The number of amides is 1. The molecule has 1 aliphatic heterocycles. The van der Waals surface area contributed by atoms with Crippen LogP contribution in [-0.2, 0) is 14.8 Å². The second kappa shape index (κ2) is 8.89. The number of nitrogens with one attached hydrogen (secondary N) is 2. The Kier molecular flexibility index (Phi) is 6.51. The highest BCUT2D eigenvalue weighted by molar-refractivity contribution is 7.89. The minimum absolute atomic E-state index is 0.0765. The van der Waals surface area contributed by atoms with Crippen molar-refractivity contribution in [3.05, 3.63) is 54.3 Å². The summed E-state index contributed by atoms with van der Waals surface area (Å²) in [6.45, 7) is 3.46. The highest BCUT2D eigenvalue weighted by Crippen LogP contribution is 2.17. The number of sulfonamides is 1. The molecule has 2 N–H and O–H groups in total. The number of benzene rings is 2. The second-order valence-electron chi connectivity index (χ2n) is 6.96. The SMILES string of the molecule is COc1ccc(NC(=O)[C@@H](C)[NH+]2CCN(S(=O)(=O)c3ccc(F)cc3)CC2)cc1. The summed E-state index contributed by atoms with van der Waals surface area (Å²) < 4.78 is 45.0. The topological polar surface area (TPSA) is 80.2 Å². The van der Waals surface area contributed by atoms with Gasteiger partial charge in [0.1, 0.15) is 11.6 Å². The smallest absolute Gasteiger partial charge is 0.282 e. The molecule has 0 unspecified atom stereocenters. The quantitative estimate of drug-likeness (QED) is 0.720. The lowest BCUT2D eigenvalue weighted by molar-refractivity contribution is -0.917. The number of methoxy groups -OCH3 is 1. The van der Waals surface area contributed by atoms with Crippen LogP contribution in [0, 0.1) is 5.82 Å². The molecule has 0 aliphatic carbocycles. The first kappa shape index (κ1) is 21.2. The molecule has 9 heteroatoms. The van der Waals surface area contributed by atoms with Gasteiger partial charge in [-0.25, -0.2) is 12.8 Å². The van der Waals surface area contributed by atoms with Gasteiger partial charge in [0.25, 0.3) is 5.91 Å². The van der Waals surface area contributed by atoms with Crippen molar-refractivity contribution < 1.29 is 27.2 Å². The number of nitrogens with zero attached hydrogens (tertiary/aromatic N) is 1. The molecule has 1 fully saturated rings. The van der Waals surface area contributed by atoms with Crippen molar-refractivity contribution in [3.8, 4) is 5.75 Å². The van der Waals surface area contributed by atoms with Gasteiger partial charge in [0.2, 0.25) is 10.0 Å². The average molecular weight is 423 g/mol. The van der Waals surface area contributed by atoms with E-state index in [-0.39, 0.29) is 16.8 Å². The number of ether oxygens (including phenoxy) is 1. The van der Waals surface area contributed by atoms with Gasteiger partial charge < -0.3 is 15.0 Å². The largest absolute Gasteiger partial charge is 0.497 e. The van der Waals surface area contributed by atoms with E-state index in [1.807, 2.05) is 6.92 Å². The highest BCUT2D eigenvalue weighted by atomic mass is 32.2. The zero-order chi connectivity index (χ0) is 21.0. The molecule has 0 radical (unpaired) electrons. The van der Waals surface area contributed by atoms with E-state index < -0.39 is 15.8 Å². The molecule has 1 saturated heterocycles. The van der Waals surface area contributed by atoms with Gasteiger partial charge in [-0.3, -0.25) is 4.79 Å². The normalized spacial score (nSPS) is 16.9.